The average molecular weight is 424 g/mol. The van der Waals surface area contributed by atoms with Crippen LogP contribution in [0.4, 0.5) is 0 Å². The second-order valence-electron chi connectivity index (χ2n) is 8.36. The quantitative estimate of drug-likeness (QED) is 0.593. The molecule has 2 N–H and O–H groups in total. The first-order chi connectivity index (χ1) is 14.5. The highest BCUT2D eigenvalue weighted by Crippen LogP contribution is 2.35. The predicted molar refractivity (Wildman–Crippen MR) is 122 cm³/mol. The number of H-pyrrole nitrogens is 1. The van der Waals surface area contributed by atoms with Crippen LogP contribution >= 0.6 is 11.3 Å². The highest BCUT2D eigenvalue weighted by atomic mass is 32.1. The number of nitrogens with zero attached hydrogens (tertiary/aromatic N) is 1. The van der Waals surface area contributed by atoms with E-state index in [1.807, 2.05) is 18.2 Å². The van der Waals surface area contributed by atoms with Crippen LogP contribution in [0.15, 0.2) is 35.1 Å². The van der Waals surface area contributed by atoms with Crippen molar-refractivity contribution in [3.8, 4) is 0 Å². The number of aromatic amines is 1. The molecule has 1 amide bonds. The summed E-state index contributed by atoms with van der Waals surface area (Å²) < 4.78 is 0. The molecule has 5 nitrogen and oxygen atoms in total. The van der Waals surface area contributed by atoms with Crippen molar-refractivity contribution in [2.45, 2.75) is 58.3 Å². The molecule has 0 radical (unpaired) electrons. The van der Waals surface area contributed by atoms with Crippen LogP contribution in [0.1, 0.15) is 60.9 Å². The Morgan fingerprint density at radius 1 is 1.33 bits per heavy atom. The molecule has 0 saturated carbocycles. The summed E-state index contributed by atoms with van der Waals surface area (Å²) in [6.07, 6.45) is 4.86. The van der Waals surface area contributed by atoms with Crippen LogP contribution in [0, 0.1) is 5.92 Å². The highest BCUT2D eigenvalue weighted by Gasteiger charge is 2.23. The van der Waals surface area contributed by atoms with E-state index in [1.54, 1.807) is 11.3 Å². The third-order valence-corrected chi connectivity index (χ3v) is 7.26. The van der Waals surface area contributed by atoms with E-state index in [1.165, 1.54) is 16.0 Å². The Bertz CT molecular complexity index is 1090. The lowest BCUT2D eigenvalue weighted by Gasteiger charge is -2.17. The number of amides is 1. The summed E-state index contributed by atoms with van der Waals surface area (Å²) in [4.78, 5) is 34.8. The number of thiophene rings is 1. The molecular formula is C24H29N3O2S. The zero-order valence-corrected chi connectivity index (χ0v) is 18.5. The number of rotatable bonds is 7. The van der Waals surface area contributed by atoms with Crippen LogP contribution in [0.25, 0.3) is 10.2 Å². The van der Waals surface area contributed by atoms with Crippen molar-refractivity contribution < 1.29 is 4.79 Å². The van der Waals surface area contributed by atoms with E-state index in [0.29, 0.717) is 37.0 Å². The van der Waals surface area contributed by atoms with Crippen molar-refractivity contribution in [3.05, 3.63) is 62.5 Å². The monoisotopic (exact) mass is 423 g/mol. The molecule has 0 aliphatic heterocycles. The lowest BCUT2D eigenvalue weighted by Crippen LogP contribution is -2.28. The van der Waals surface area contributed by atoms with E-state index < -0.39 is 0 Å². The van der Waals surface area contributed by atoms with Gasteiger partial charge in [-0.3, -0.25) is 9.59 Å². The van der Waals surface area contributed by atoms with Crippen molar-refractivity contribution >= 4 is 27.5 Å². The number of fused-ring (bicyclic) bond motifs is 3. The maximum absolute atomic E-state index is 12.7. The normalized spacial score (nSPS) is 16.9. The maximum atomic E-state index is 12.7. The lowest BCUT2D eigenvalue weighted by molar-refractivity contribution is -0.121. The molecule has 3 aromatic rings. The third kappa shape index (κ3) is 4.48. The molecule has 0 bridgehead atoms. The molecule has 4 rings (SSSR count). The number of carbonyl (C=O) groups is 1. The fraction of sp³-hybridized carbons (Fsp3) is 0.458. The largest absolute Gasteiger partial charge is 0.355 e. The van der Waals surface area contributed by atoms with Crippen LogP contribution in [0.5, 0.6) is 0 Å². The summed E-state index contributed by atoms with van der Waals surface area (Å²) in [5.74, 6) is 1.57. The van der Waals surface area contributed by atoms with Gasteiger partial charge in [0.05, 0.1) is 5.39 Å². The van der Waals surface area contributed by atoms with Gasteiger partial charge in [0.2, 0.25) is 5.91 Å². The minimum atomic E-state index is -0.0578. The standard InChI is InChI=1S/C24H29N3O2S/c1-3-16(17-7-5-4-6-8-17)14-25-21(28)12-11-20-26-23(29)22-18-10-9-15(2)13-19(18)30-24(22)27-20/h4-8,15-16H,3,9-14H2,1-2H3,(H,25,28)(H,26,27,29)/t15-,16+/m0/s1. The number of hydrogen-bond acceptors (Lipinski definition) is 4. The second-order valence-corrected chi connectivity index (χ2v) is 9.45. The molecule has 0 unspecified atom stereocenters. The van der Waals surface area contributed by atoms with Crippen LogP contribution in [0.2, 0.25) is 0 Å². The fourth-order valence-corrected chi connectivity index (χ4v) is 5.69. The molecule has 0 fully saturated rings. The zero-order chi connectivity index (χ0) is 21.1. The number of aromatic nitrogens is 2. The molecule has 2 heterocycles. The van der Waals surface area contributed by atoms with Gasteiger partial charge in [0, 0.05) is 30.2 Å². The Labute approximate surface area is 180 Å². The van der Waals surface area contributed by atoms with Gasteiger partial charge in [-0.15, -0.1) is 11.3 Å². The van der Waals surface area contributed by atoms with E-state index in [4.69, 9.17) is 0 Å². The number of aryl methyl sites for hydroxylation is 2. The van der Waals surface area contributed by atoms with Gasteiger partial charge in [-0.1, -0.05) is 44.2 Å². The smallest absolute Gasteiger partial charge is 0.259 e. The van der Waals surface area contributed by atoms with Gasteiger partial charge in [0.15, 0.2) is 0 Å². The Kier molecular flexibility index (Phi) is 6.32. The van der Waals surface area contributed by atoms with Gasteiger partial charge < -0.3 is 10.3 Å². The molecule has 1 aliphatic carbocycles. The Morgan fingerprint density at radius 2 is 2.13 bits per heavy atom. The molecule has 0 saturated heterocycles. The first-order valence-corrected chi connectivity index (χ1v) is 11.7. The lowest BCUT2D eigenvalue weighted by atomic mass is 9.89. The summed E-state index contributed by atoms with van der Waals surface area (Å²) in [7, 11) is 0. The van der Waals surface area contributed by atoms with Gasteiger partial charge in [0.25, 0.3) is 5.56 Å². The summed E-state index contributed by atoms with van der Waals surface area (Å²) in [5.41, 5.74) is 2.38. The SMILES string of the molecule is CC[C@H](CNC(=O)CCc1nc2sc3c(c2c(=O)[nH]1)CC[C@H](C)C3)c1ccccc1. The van der Waals surface area contributed by atoms with Crippen molar-refractivity contribution in [3.63, 3.8) is 0 Å². The van der Waals surface area contributed by atoms with Crippen molar-refractivity contribution in [1.82, 2.24) is 15.3 Å². The maximum Gasteiger partial charge on any atom is 0.259 e. The first-order valence-electron chi connectivity index (χ1n) is 10.9. The van der Waals surface area contributed by atoms with Gasteiger partial charge >= 0.3 is 0 Å². The third-order valence-electron chi connectivity index (χ3n) is 6.11. The van der Waals surface area contributed by atoms with E-state index in [0.717, 1.165) is 35.9 Å². The minimum absolute atomic E-state index is 0.00794. The molecule has 0 spiro atoms. The zero-order valence-electron chi connectivity index (χ0n) is 17.7. The molecule has 1 aliphatic rings. The van der Waals surface area contributed by atoms with E-state index >= 15 is 0 Å². The number of carbonyl (C=O) groups excluding carboxylic acids is 1. The van der Waals surface area contributed by atoms with E-state index in [2.05, 4.69) is 41.3 Å². The van der Waals surface area contributed by atoms with Crippen molar-refractivity contribution in [1.29, 1.82) is 0 Å². The Morgan fingerprint density at radius 3 is 2.90 bits per heavy atom. The van der Waals surface area contributed by atoms with Gasteiger partial charge in [-0.05, 0) is 42.7 Å². The molecule has 6 heteroatoms. The Hall–Kier alpha value is -2.47. The second kappa shape index (κ2) is 9.13. The summed E-state index contributed by atoms with van der Waals surface area (Å²) >= 11 is 1.65. The molecule has 1 aromatic carbocycles. The summed E-state index contributed by atoms with van der Waals surface area (Å²) in [5, 5.41) is 3.81. The summed E-state index contributed by atoms with van der Waals surface area (Å²) in [6.45, 7) is 5.02. The first kappa shape index (κ1) is 20.8. The number of benzene rings is 1. The van der Waals surface area contributed by atoms with Crippen LogP contribution in [-0.4, -0.2) is 22.4 Å². The van der Waals surface area contributed by atoms with E-state index in [9.17, 15) is 9.59 Å². The van der Waals surface area contributed by atoms with Crippen LogP contribution < -0.4 is 10.9 Å². The van der Waals surface area contributed by atoms with Gasteiger partial charge in [-0.25, -0.2) is 4.98 Å². The number of hydrogen-bond donors (Lipinski definition) is 2. The number of nitrogens with one attached hydrogen (secondary N) is 2. The molecular weight excluding hydrogens is 394 g/mol. The topological polar surface area (TPSA) is 74.8 Å². The van der Waals surface area contributed by atoms with Gasteiger partial charge in [0.1, 0.15) is 10.7 Å². The van der Waals surface area contributed by atoms with Crippen molar-refractivity contribution in [2.24, 2.45) is 5.92 Å². The molecule has 30 heavy (non-hydrogen) atoms. The fourth-order valence-electron chi connectivity index (χ4n) is 4.29. The molecule has 158 valence electrons. The Balaban J connectivity index is 1.39. The van der Waals surface area contributed by atoms with Gasteiger partial charge in [-0.2, -0.15) is 0 Å². The molecule has 2 aromatic heterocycles. The summed E-state index contributed by atoms with van der Waals surface area (Å²) in [6, 6.07) is 10.3. The average Bonchev–Trinajstić information content (AvgIpc) is 3.11. The predicted octanol–water partition coefficient (Wildman–Crippen LogP) is 4.35. The molecule has 2 atom stereocenters. The van der Waals surface area contributed by atoms with Crippen LogP contribution in [0.3, 0.4) is 0 Å². The highest BCUT2D eigenvalue weighted by molar-refractivity contribution is 7.18. The van der Waals surface area contributed by atoms with Crippen LogP contribution in [-0.2, 0) is 24.1 Å². The van der Waals surface area contributed by atoms with E-state index in [-0.39, 0.29) is 11.5 Å². The minimum Gasteiger partial charge on any atom is -0.355 e. The van der Waals surface area contributed by atoms with Crippen molar-refractivity contribution in [2.75, 3.05) is 6.54 Å².